The van der Waals surface area contributed by atoms with Gasteiger partial charge in [-0.05, 0) is 26.0 Å². The van der Waals surface area contributed by atoms with Crippen molar-refractivity contribution in [2.75, 3.05) is 0 Å². The van der Waals surface area contributed by atoms with Crippen molar-refractivity contribution in [3.63, 3.8) is 0 Å². The van der Waals surface area contributed by atoms with E-state index in [1.54, 1.807) is 18.7 Å². The third-order valence-electron chi connectivity index (χ3n) is 2.37. The summed E-state index contributed by atoms with van der Waals surface area (Å²) in [7, 11) is 0. The first-order chi connectivity index (χ1) is 7.20. The molecule has 1 atom stereocenters. The van der Waals surface area contributed by atoms with E-state index in [2.05, 4.69) is 9.97 Å². The van der Waals surface area contributed by atoms with Crippen LogP contribution in [0.25, 0.3) is 5.69 Å². The largest absolute Gasteiger partial charge is 0.323 e. The zero-order valence-corrected chi connectivity index (χ0v) is 8.88. The number of hydrogen-bond acceptors (Lipinski definition) is 3. The van der Waals surface area contributed by atoms with Crippen molar-refractivity contribution in [3.05, 3.63) is 42.2 Å². The van der Waals surface area contributed by atoms with Crippen LogP contribution in [-0.2, 0) is 0 Å². The standard InChI is InChI=1S/C11H14N4/c1-8(12)11-6-13-7-15(11)10-4-3-5-14-9(10)2/h3-8H,12H2,1-2H3/t8-/m1/s1. The maximum atomic E-state index is 5.87. The number of nitrogens with two attached hydrogens (primary N) is 1. The Labute approximate surface area is 88.8 Å². The first kappa shape index (κ1) is 9.86. The molecule has 15 heavy (non-hydrogen) atoms. The van der Waals surface area contributed by atoms with Gasteiger partial charge in [-0.1, -0.05) is 0 Å². The van der Waals surface area contributed by atoms with Crippen molar-refractivity contribution in [3.8, 4) is 5.69 Å². The minimum atomic E-state index is -0.0351. The molecule has 2 rings (SSSR count). The Morgan fingerprint density at radius 1 is 1.47 bits per heavy atom. The molecule has 2 N–H and O–H groups in total. The van der Waals surface area contributed by atoms with Gasteiger partial charge in [-0.3, -0.25) is 9.55 Å². The summed E-state index contributed by atoms with van der Waals surface area (Å²) in [5.74, 6) is 0. The van der Waals surface area contributed by atoms with Gasteiger partial charge < -0.3 is 5.73 Å². The van der Waals surface area contributed by atoms with Gasteiger partial charge >= 0.3 is 0 Å². The number of aromatic nitrogens is 3. The number of rotatable bonds is 2. The first-order valence-corrected chi connectivity index (χ1v) is 4.90. The lowest BCUT2D eigenvalue weighted by Crippen LogP contribution is -2.11. The zero-order valence-electron chi connectivity index (χ0n) is 8.88. The van der Waals surface area contributed by atoms with E-state index in [-0.39, 0.29) is 6.04 Å². The third-order valence-corrected chi connectivity index (χ3v) is 2.37. The van der Waals surface area contributed by atoms with Gasteiger partial charge in [0.1, 0.15) is 0 Å². The molecule has 0 unspecified atom stereocenters. The number of aryl methyl sites for hydroxylation is 1. The van der Waals surface area contributed by atoms with Crippen molar-refractivity contribution < 1.29 is 0 Å². The predicted octanol–water partition coefficient (Wildman–Crippen LogP) is 1.60. The highest BCUT2D eigenvalue weighted by molar-refractivity contribution is 5.37. The molecule has 0 fully saturated rings. The van der Waals surface area contributed by atoms with Gasteiger partial charge in [0.2, 0.25) is 0 Å². The second-order valence-electron chi connectivity index (χ2n) is 3.59. The summed E-state index contributed by atoms with van der Waals surface area (Å²) < 4.78 is 1.98. The minimum absolute atomic E-state index is 0.0351. The highest BCUT2D eigenvalue weighted by Crippen LogP contribution is 2.17. The van der Waals surface area contributed by atoms with Crippen molar-refractivity contribution in [1.29, 1.82) is 0 Å². The highest BCUT2D eigenvalue weighted by Gasteiger charge is 2.09. The molecule has 0 amide bonds. The van der Waals surface area contributed by atoms with Gasteiger partial charge in [-0.25, -0.2) is 4.98 Å². The quantitative estimate of drug-likeness (QED) is 0.804. The minimum Gasteiger partial charge on any atom is -0.323 e. The van der Waals surface area contributed by atoms with E-state index in [0.717, 1.165) is 17.1 Å². The second kappa shape index (κ2) is 3.82. The number of pyridine rings is 1. The average Bonchev–Trinajstić information content (AvgIpc) is 2.67. The Bertz CT molecular complexity index is 459. The number of imidazole rings is 1. The molecule has 4 heteroatoms. The molecule has 0 bridgehead atoms. The van der Waals surface area contributed by atoms with Gasteiger partial charge in [0, 0.05) is 12.2 Å². The maximum absolute atomic E-state index is 5.87. The molecule has 0 saturated carbocycles. The summed E-state index contributed by atoms with van der Waals surface area (Å²) in [6, 6.07) is 3.88. The van der Waals surface area contributed by atoms with E-state index in [1.807, 2.05) is 30.5 Å². The monoisotopic (exact) mass is 202 g/mol. The van der Waals surface area contributed by atoms with E-state index < -0.39 is 0 Å². The van der Waals surface area contributed by atoms with Gasteiger partial charge in [0.15, 0.2) is 0 Å². The molecule has 0 aliphatic carbocycles. The van der Waals surface area contributed by atoms with E-state index in [1.165, 1.54) is 0 Å². The number of nitrogens with zero attached hydrogens (tertiary/aromatic N) is 3. The molecule has 0 spiro atoms. The van der Waals surface area contributed by atoms with Crippen LogP contribution in [0.2, 0.25) is 0 Å². The van der Waals surface area contributed by atoms with E-state index in [9.17, 15) is 0 Å². The molecule has 0 aliphatic heterocycles. The van der Waals surface area contributed by atoms with Crippen LogP contribution in [0, 0.1) is 6.92 Å². The number of hydrogen-bond donors (Lipinski definition) is 1. The summed E-state index contributed by atoms with van der Waals surface area (Å²) in [6.45, 7) is 3.92. The highest BCUT2D eigenvalue weighted by atomic mass is 15.1. The lowest BCUT2D eigenvalue weighted by atomic mass is 10.2. The maximum Gasteiger partial charge on any atom is 0.0995 e. The summed E-state index contributed by atoms with van der Waals surface area (Å²) in [5.41, 5.74) is 8.86. The van der Waals surface area contributed by atoms with Crippen molar-refractivity contribution in [1.82, 2.24) is 14.5 Å². The molecular weight excluding hydrogens is 188 g/mol. The molecule has 2 heterocycles. The lowest BCUT2D eigenvalue weighted by molar-refractivity contribution is 0.749. The molecule has 78 valence electrons. The van der Waals surface area contributed by atoms with E-state index >= 15 is 0 Å². The van der Waals surface area contributed by atoms with Crippen molar-refractivity contribution in [2.45, 2.75) is 19.9 Å². The zero-order chi connectivity index (χ0) is 10.8. The topological polar surface area (TPSA) is 56.7 Å². The lowest BCUT2D eigenvalue weighted by Gasteiger charge is -2.11. The van der Waals surface area contributed by atoms with Gasteiger partial charge in [-0.2, -0.15) is 0 Å². The van der Waals surface area contributed by atoms with Gasteiger partial charge in [-0.15, -0.1) is 0 Å². The van der Waals surface area contributed by atoms with Crippen LogP contribution in [0.1, 0.15) is 24.4 Å². The fourth-order valence-corrected chi connectivity index (χ4v) is 1.57. The van der Waals surface area contributed by atoms with Crippen LogP contribution in [0.5, 0.6) is 0 Å². The fourth-order valence-electron chi connectivity index (χ4n) is 1.57. The molecule has 4 nitrogen and oxygen atoms in total. The summed E-state index contributed by atoms with van der Waals surface area (Å²) >= 11 is 0. The van der Waals surface area contributed by atoms with Crippen LogP contribution >= 0.6 is 0 Å². The Balaban J connectivity index is 2.55. The SMILES string of the molecule is Cc1ncccc1-n1cncc1[C@@H](C)N. The van der Waals surface area contributed by atoms with Crippen LogP contribution in [0.4, 0.5) is 0 Å². The smallest absolute Gasteiger partial charge is 0.0995 e. The first-order valence-electron chi connectivity index (χ1n) is 4.90. The summed E-state index contributed by atoms with van der Waals surface area (Å²) in [5, 5.41) is 0. The Morgan fingerprint density at radius 3 is 2.93 bits per heavy atom. The molecule has 0 aromatic carbocycles. The fraction of sp³-hybridized carbons (Fsp3) is 0.273. The Morgan fingerprint density at radius 2 is 2.27 bits per heavy atom. The Kier molecular flexibility index (Phi) is 2.51. The third kappa shape index (κ3) is 1.76. The molecule has 0 aliphatic rings. The normalized spacial score (nSPS) is 12.7. The van der Waals surface area contributed by atoms with Crippen molar-refractivity contribution >= 4 is 0 Å². The summed E-state index contributed by atoms with van der Waals surface area (Å²) in [6.07, 6.45) is 5.33. The van der Waals surface area contributed by atoms with Crippen LogP contribution in [0.3, 0.4) is 0 Å². The molecule has 2 aromatic heterocycles. The predicted molar refractivity (Wildman–Crippen MR) is 58.7 cm³/mol. The van der Waals surface area contributed by atoms with Gasteiger partial charge in [0.25, 0.3) is 0 Å². The van der Waals surface area contributed by atoms with Crippen LogP contribution < -0.4 is 5.73 Å². The molecule has 0 saturated heterocycles. The van der Waals surface area contributed by atoms with Crippen LogP contribution in [-0.4, -0.2) is 14.5 Å². The van der Waals surface area contributed by atoms with E-state index in [4.69, 9.17) is 5.73 Å². The Hall–Kier alpha value is -1.68. The molecular formula is C11H14N4. The van der Waals surface area contributed by atoms with E-state index in [0.29, 0.717) is 0 Å². The molecule has 2 aromatic rings. The molecule has 0 radical (unpaired) electrons. The summed E-state index contributed by atoms with van der Waals surface area (Å²) in [4.78, 5) is 8.36. The van der Waals surface area contributed by atoms with Gasteiger partial charge in [0.05, 0.1) is 29.6 Å². The van der Waals surface area contributed by atoms with Crippen molar-refractivity contribution in [2.24, 2.45) is 5.73 Å². The second-order valence-corrected chi connectivity index (χ2v) is 3.59. The average molecular weight is 202 g/mol. The van der Waals surface area contributed by atoms with Crippen LogP contribution in [0.15, 0.2) is 30.9 Å².